The van der Waals surface area contributed by atoms with E-state index in [0.29, 0.717) is 85.2 Å². The number of likely N-dealkylation sites (N-methyl/N-ethyl adjacent to an activating group) is 1. The van der Waals surface area contributed by atoms with Crippen LogP contribution in [0.4, 0.5) is 24.2 Å². The molecule has 464 valence electrons. The number of anilines is 3. The Morgan fingerprint density at radius 3 is 1.68 bits per heavy atom. The van der Waals surface area contributed by atoms with Gasteiger partial charge in [0.15, 0.2) is 26.7 Å². The molecule has 0 aliphatic carbocycles. The molecule has 5 aliphatic heterocycles. The van der Waals surface area contributed by atoms with Gasteiger partial charge in [0.05, 0.1) is 67.6 Å². The molecule has 2 spiro atoms. The number of aromatic nitrogens is 14. The Kier molecular flexibility index (Phi) is 15.3. The molecule has 0 bridgehead atoms. The maximum Gasteiger partial charge on any atom is 0.216 e. The maximum absolute atomic E-state index is 14.1. The van der Waals surface area contributed by atoms with Crippen LogP contribution in [-0.4, -0.2) is 188 Å². The molecule has 1 unspecified atom stereocenters. The van der Waals surface area contributed by atoms with Crippen LogP contribution in [0.15, 0.2) is 110 Å². The van der Waals surface area contributed by atoms with E-state index in [2.05, 4.69) is 98.3 Å². The largest absolute Gasteiger partial charge is 0.507 e. The van der Waals surface area contributed by atoms with Gasteiger partial charge in [0.1, 0.15) is 28.9 Å². The number of rotatable bonds is 10. The monoisotopic (exact) mass is 1280 g/mol. The van der Waals surface area contributed by atoms with Crippen molar-refractivity contribution in [2.75, 3.05) is 94.7 Å². The van der Waals surface area contributed by atoms with Crippen molar-refractivity contribution in [2.24, 2.45) is 10.8 Å². The Bertz CT molecular complexity index is 4600. The molecule has 91 heavy (non-hydrogen) atoms. The van der Waals surface area contributed by atoms with E-state index in [1.165, 1.54) is 62.4 Å². The highest BCUT2D eigenvalue weighted by Gasteiger charge is 2.45. The average Bonchev–Trinajstić information content (AvgIpc) is 1.85. The van der Waals surface area contributed by atoms with Crippen molar-refractivity contribution in [2.45, 2.75) is 37.9 Å². The molecule has 9 aromatic heterocycles. The molecule has 0 saturated carbocycles. The van der Waals surface area contributed by atoms with E-state index in [4.69, 9.17) is 4.98 Å². The van der Waals surface area contributed by atoms with Gasteiger partial charge in [-0.2, -0.15) is 29.7 Å². The number of H-pyrrole nitrogens is 3. The summed E-state index contributed by atoms with van der Waals surface area (Å²) in [5.41, 5.74) is 11.0. The second-order valence-electron chi connectivity index (χ2n) is 24.4. The smallest absolute Gasteiger partial charge is 0.216 e. The second kappa shape index (κ2) is 23.9. The first-order chi connectivity index (χ1) is 44.2. The van der Waals surface area contributed by atoms with Gasteiger partial charge >= 0.3 is 0 Å². The van der Waals surface area contributed by atoms with E-state index < -0.39 is 12.1 Å². The van der Waals surface area contributed by atoms with Gasteiger partial charge in [-0.25, -0.2) is 9.37 Å². The Labute approximate surface area is 531 Å². The van der Waals surface area contributed by atoms with Gasteiger partial charge < -0.3 is 45.6 Å². The van der Waals surface area contributed by atoms with Gasteiger partial charge in [-0.15, -0.1) is 20.4 Å². The zero-order valence-corrected chi connectivity index (χ0v) is 51.9. The molecule has 28 heteroatoms. The summed E-state index contributed by atoms with van der Waals surface area (Å²) >= 11 is 4.72. The van der Waals surface area contributed by atoms with Crippen LogP contribution < -0.4 is 20.4 Å². The maximum atomic E-state index is 14.1. The molecule has 5 fully saturated rings. The van der Waals surface area contributed by atoms with Crippen LogP contribution in [0, 0.1) is 16.8 Å². The van der Waals surface area contributed by atoms with Gasteiger partial charge in [-0.1, -0.05) is 52.2 Å². The number of thiazole rings is 3. The molecule has 12 aromatic rings. The lowest BCUT2D eigenvalue weighted by molar-refractivity contribution is 0.150. The molecule has 5 saturated heterocycles. The van der Waals surface area contributed by atoms with E-state index in [9.17, 15) is 24.1 Å². The molecular formula is C63H62F2N20O3S3. The zero-order chi connectivity index (χ0) is 62.0. The van der Waals surface area contributed by atoms with E-state index >= 15 is 0 Å². The van der Waals surface area contributed by atoms with E-state index in [1.807, 2.05) is 54.4 Å². The summed E-state index contributed by atoms with van der Waals surface area (Å²) in [5, 5.41) is 77.6. The second-order valence-corrected chi connectivity index (χ2v) is 27.5. The summed E-state index contributed by atoms with van der Waals surface area (Å²) in [6.45, 7) is 9.83. The molecule has 0 radical (unpaired) electrons. The number of hydrogen-bond donors (Lipinski definition) is 8. The number of likely N-dealkylation sites (tertiary alicyclic amines) is 2. The third-order valence-corrected chi connectivity index (χ3v) is 21.1. The molecule has 3 aromatic carbocycles. The van der Waals surface area contributed by atoms with Crippen LogP contribution in [0.2, 0.25) is 0 Å². The number of halogens is 2. The number of aromatic hydroxyl groups is 3. The predicted octanol–water partition coefficient (Wildman–Crippen LogP) is 10.1. The molecule has 3 atom stereocenters. The molecule has 0 amide bonds. The first kappa shape index (κ1) is 58.2. The predicted molar refractivity (Wildman–Crippen MR) is 350 cm³/mol. The average molecular weight is 1280 g/mol. The number of phenols is 3. The molecule has 17 rings (SSSR count). The van der Waals surface area contributed by atoms with Crippen molar-refractivity contribution in [3.63, 3.8) is 0 Å². The van der Waals surface area contributed by atoms with Crippen LogP contribution in [0.25, 0.3) is 98.1 Å². The van der Waals surface area contributed by atoms with Crippen LogP contribution in [0.1, 0.15) is 25.7 Å². The number of nitrogens with zero attached hydrogens (tertiary/aromatic N) is 15. The number of alkyl halides is 1. The highest BCUT2D eigenvalue weighted by atomic mass is 32.1. The summed E-state index contributed by atoms with van der Waals surface area (Å²) in [4.78, 5) is 27.5. The summed E-state index contributed by atoms with van der Waals surface area (Å²) in [7, 11) is 4.12. The number of piperidine rings is 1. The first-order valence-electron chi connectivity index (χ1n) is 30.0. The third kappa shape index (κ3) is 11.7. The number of benzene rings is 3. The minimum absolute atomic E-state index is 0.00656. The number of hydrogen-bond acceptors (Lipinski definition) is 23. The van der Waals surface area contributed by atoms with Crippen LogP contribution in [-0.2, 0) is 0 Å². The van der Waals surface area contributed by atoms with Gasteiger partial charge in [0.2, 0.25) is 5.95 Å². The Balaban J connectivity index is 0.000000114. The number of nitrogens with one attached hydrogen (secondary N) is 5. The van der Waals surface area contributed by atoms with Crippen molar-refractivity contribution in [1.29, 1.82) is 0 Å². The van der Waals surface area contributed by atoms with Crippen molar-refractivity contribution >= 4 is 80.3 Å². The van der Waals surface area contributed by atoms with Crippen LogP contribution in [0.5, 0.6) is 17.2 Å². The zero-order valence-electron chi connectivity index (χ0n) is 49.5. The van der Waals surface area contributed by atoms with Gasteiger partial charge in [-0.3, -0.25) is 20.3 Å². The molecular weight excluding hydrogens is 1220 g/mol. The molecule has 14 heterocycles. The summed E-state index contributed by atoms with van der Waals surface area (Å²) < 4.78 is 30.7. The fraction of sp³-hybridized carbons (Fsp3) is 0.317. The SMILES string of the molecule is CN1CCC2(CCN(c3nc4nnc(-c5ccc(-c6cn[nH]c6)cc5O)cc4s3)C2)C1.CN1C[C@H](Nc2nc3cnc(-c4ccc(-c5cn[nH]c5)cc4O)cc3s2)[C@@H](F)C1.Oc1cc(-c2cn[nH]c2F)ccc1-c1cc2sc(N3CC4(CCNCC4)C3)nc2nn1. The molecule has 5 aliphatic rings. The minimum Gasteiger partial charge on any atom is -0.507 e. The van der Waals surface area contributed by atoms with Gasteiger partial charge in [0, 0.05) is 96.9 Å². The van der Waals surface area contributed by atoms with Crippen molar-refractivity contribution < 1.29 is 24.1 Å². The van der Waals surface area contributed by atoms with Gasteiger partial charge in [0.25, 0.3) is 0 Å². The van der Waals surface area contributed by atoms with Crippen LogP contribution in [0.3, 0.4) is 0 Å². The summed E-state index contributed by atoms with van der Waals surface area (Å²) in [6, 6.07) is 21.5. The number of phenolic OH excluding ortho intramolecular Hbond substituents is 3. The van der Waals surface area contributed by atoms with Crippen LogP contribution >= 0.6 is 34.0 Å². The Morgan fingerprint density at radius 1 is 0.549 bits per heavy atom. The fourth-order valence-electron chi connectivity index (χ4n) is 13.1. The van der Waals surface area contributed by atoms with Crippen molar-refractivity contribution in [1.82, 2.24) is 86.0 Å². The number of pyridine rings is 1. The summed E-state index contributed by atoms with van der Waals surface area (Å²) in [6.07, 6.45) is 14.1. The third-order valence-electron chi connectivity index (χ3n) is 18.0. The Hall–Kier alpha value is -9.19. The lowest BCUT2D eigenvalue weighted by atomic mass is 9.73. The molecule has 8 N–H and O–H groups in total. The van der Waals surface area contributed by atoms with E-state index in [1.54, 1.807) is 77.9 Å². The topological polar surface area (TPSA) is 287 Å². The normalized spacial score (nSPS) is 19.8. The fourth-order valence-corrected chi connectivity index (χ4v) is 15.9. The van der Waals surface area contributed by atoms with Crippen molar-refractivity contribution in [3.05, 3.63) is 116 Å². The lowest BCUT2D eigenvalue weighted by Gasteiger charge is -2.52. The lowest BCUT2D eigenvalue weighted by Crippen LogP contribution is -2.60. The quantitative estimate of drug-likeness (QED) is 0.0632. The van der Waals surface area contributed by atoms with Crippen molar-refractivity contribution in [3.8, 4) is 84.4 Å². The highest BCUT2D eigenvalue weighted by Crippen LogP contribution is 2.46. The highest BCUT2D eigenvalue weighted by molar-refractivity contribution is 7.23. The first-order valence-corrected chi connectivity index (χ1v) is 32.4. The summed E-state index contributed by atoms with van der Waals surface area (Å²) in [5.74, 6) is -0.216. The van der Waals surface area contributed by atoms with Gasteiger partial charge in [-0.05, 0) is 131 Å². The Morgan fingerprint density at radius 2 is 1.12 bits per heavy atom. The number of fused-ring (bicyclic) bond motifs is 3. The standard InChI is InChI=1S/C22H23N7OS.C21H20FN7OS.C20H19FN6OS/c1-28-6-4-22(12-28)5-7-29(13-22)21-25-20-19(31-21)9-17(26-27-20)16-3-2-14(8-18(16)30)15-10-23-24-11-15;22-18-14(9-24-27-18)12-1-2-13(16(30)7-12)15-8-17-19(28-26-15)25-20(31-17)29-10-21(11-29)3-5-23-6-4-21;1-27-9-14(21)17(10-27)26-20-25-16-8-22-15(5-19(16)29-20)13-3-2-11(4-18(13)28)12-6-23-24-7-12/h2-3,8-11,30H,4-7,12-13H2,1H3,(H,23,24);1-2,7-9,23,30H,3-6,10-11H2,(H,24,27);2-8,14,17,28H,9-10H2,1H3,(H,23,24)(H,25,26)/t;;14-,17-/m..0/s1. The van der Waals surface area contributed by atoms with E-state index in [-0.39, 0.29) is 23.3 Å². The van der Waals surface area contributed by atoms with E-state index in [0.717, 1.165) is 91.4 Å². The molecule has 23 nitrogen and oxygen atoms in total. The minimum atomic E-state index is -0.911. The number of aromatic amines is 3.